The number of carbonyl (C=O) groups is 2. The van der Waals surface area contributed by atoms with Gasteiger partial charge in [-0.25, -0.2) is 4.98 Å². The van der Waals surface area contributed by atoms with E-state index in [2.05, 4.69) is 14.9 Å². The first-order valence-corrected chi connectivity index (χ1v) is 8.17. The molecule has 0 radical (unpaired) electrons. The molecule has 1 aliphatic heterocycles. The van der Waals surface area contributed by atoms with E-state index in [1.165, 1.54) is 0 Å². The van der Waals surface area contributed by atoms with Crippen molar-refractivity contribution >= 4 is 17.7 Å². The van der Waals surface area contributed by atoms with Gasteiger partial charge in [-0.05, 0) is 24.6 Å². The number of rotatable bonds is 4. The molecule has 2 aromatic rings. The fourth-order valence-electron chi connectivity index (χ4n) is 3.00. The standard InChI is InChI=1S/C18H20N4O3/c1-13-17(20-6-5-19-13)21-7-9-22(10-8-21)18(25)15-4-2-3-14(11-15)12-16(23)24/h2-6,11H,7-10,12H2,1H3,(H,23,24). The number of anilines is 1. The minimum absolute atomic E-state index is 0.0669. The minimum atomic E-state index is -0.905. The van der Waals surface area contributed by atoms with Gasteiger partial charge in [-0.3, -0.25) is 14.6 Å². The maximum Gasteiger partial charge on any atom is 0.307 e. The molecule has 1 amide bonds. The first kappa shape index (κ1) is 16.9. The van der Waals surface area contributed by atoms with Crippen molar-refractivity contribution in [3.63, 3.8) is 0 Å². The van der Waals surface area contributed by atoms with Crippen molar-refractivity contribution in [2.75, 3.05) is 31.1 Å². The average molecular weight is 340 g/mol. The summed E-state index contributed by atoms with van der Waals surface area (Å²) in [5, 5.41) is 8.89. The van der Waals surface area contributed by atoms with Crippen LogP contribution in [0.1, 0.15) is 21.6 Å². The molecule has 7 heteroatoms. The van der Waals surface area contributed by atoms with Crippen LogP contribution in [0.5, 0.6) is 0 Å². The molecule has 0 saturated carbocycles. The van der Waals surface area contributed by atoms with Crippen LogP contribution in [-0.4, -0.2) is 58.0 Å². The smallest absolute Gasteiger partial charge is 0.307 e. The number of aryl methyl sites for hydroxylation is 1. The monoisotopic (exact) mass is 340 g/mol. The Labute approximate surface area is 145 Å². The number of amides is 1. The minimum Gasteiger partial charge on any atom is -0.481 e. The highest BCUT2D eigenvalue weighted by atomic mass is 16.4. The summed E-state index contributed by atoms with van der Waals surface area (Å²) < 4.78 is 0. The van der Waals surface area contributed by atoms with E-state index in [9.17, 15) is 9.59 Å². The Morgan fingerprint density at radius 3 is 2.52 bits per heavy atom. The van der Waals surface area contributed by atoms with Crippen LogP contribution in [0.25, 0.3) is 0 Å². The van der Waals surface area contributed by atoms with Crippen molar-refractivity contribution < 1.29 is 14.7 Å². The van der Waals surface area contributed by atoms with Crippen molar-refractivity contribution in [3.05, 3.63) is 53.5 Å². The van der Waals surface area contributed by atoms with Crippen LogP contribution in [0, 0.1) is 6.92 Å². The Hall–Kier alpha value is -2.96. The molecule has 0 atom stereocenters. The largest absolute Gasteiger partial charge is 0.481 e. The summed E-state index contributed by atoms with van der Waals surface area (Å²) in [6.07, 6.45) is 3.26. The molecule has 2 heterocycles. The van der Waals surface area contributed by atoms with Crippen LogP contribution in [-0.2, 0) is 11.2 Å². The lowest BCUT2D eigenvalue weighted by atomic mass is 10.1. The molecule has 1 aromatic heterocycles. The molecule has 1 saturated heterocycles. The van der Waals surface area contributed by atoms with E-state index in [0.717, 1.165) is 11.5 Å². The van der Waals surface area contributed by atoms with Gasteiger partial charge in [0.15, 0.2) is 0 Å². The summed E-state index contributed by atoms with van der Waals surface area (Å²) >= 11 is 0. The first-order chi connectivity index (χ1) is 12.0. The quantitative estimate of drug-likeness (QED) is 0.905. The topological polar surface area (TPSA) is 86.6 Å². The second-order valence-electron chi connectivity index (χ2n) is 6.02. The van der Waals surface area contributed by atoms with Crippen LogP contribution in [0.3, 0.4) is 0 Å². The maximum absolute atomic E-state index is 12.7. The molecule has 7 nitrogen and oxygen atoms in total. The molecular weight excluding hydrogens is 320 g/mol. The normalized spacial score (nSPS) is 14.4. The SMILES string of the molecule is Cc1nccnc1N1CCN(C(=O)c2cccc(CC(=O)O)c2)CC1. The van der Waals surface area contributed by atoms with E-state index < -0.39 is 5.97 Å². The van der Waals surface area contributed by atoms with Gasteiger partial charge in [-0.1, -0.05) is 12.1 Å². The molecule has 1 fully saturated rings. The predicted molar refractivity (Wildman–Crippen MR) is 92.7 cm³/mol. The molecular formula is C18H20N4O3. The van der Waals surface area contributed by atoms with Crippen molar-refractivity contribution in [3.8, 4) is 0 Å². The van der Waals surface area contributed by atoms with Crippen LogP contribution in [0.15, 0.2) is 36.7 Å². The maximum atomic E-state index is 12.7. The lowest BCUT2D eigenvalue weighted by molar-refractivity contribution is -0.136. The Bertz CT molecular complexity index is 785. The Morgan fingerprint density at radius 1 is 1.12 bits per heavy atom. The average Bonchev–Trinajstić information content (AvgIpc) is 2.61. The molecule has 130 valence electrons. The number of piperazine rings is 1. The molecule has 3 rings (SSSR count). The van der Waals surface area contributed by atoms with Crippen LogP contribution in [0.2, 0.25) is 0 Å². The molecule has 25 heavy (non-hydrogen) atoms. The zero-order valence-electron chi connectivity index (χ0n) is 14.1. The third kappa shape index (κ3) is 3.93. The zero-order valence-corrected chi connectivity index (χ0v) is 14.1. The van der Waals surface area contributed by atoms with Crippen molar-refractivity contribution in [1.29, 1.82) is 0 Å². The summed E-state index contributed by atoms with van der Waals surface area (Å²) in [5.41, 5.74) is 2.04. The lowest BCUT2D eigenvalue weighted by Gasteiger charge is -2.35. The van der Waals surface area contributed by atoms with Gasteiger partial charge >= 0.3 is 5.97 Å². The van der Waals surface area contributed by atoms with Crippen LogP contribution < -0.4 is 4.90 Å². The van der Waals surface area contributed by atoms with Crippen LogP contribution in [0.4, 0.5) is 5.82 Å². The summed E-state index contributed by atoms with van der Waals surface area (Å²) in [6.45, 7) is 4.50. The van der Waals surface area contributed by atoms with E-state index in [4.69, 9.17) is 5.11 Å². The molecule has 0 spiro atoms. The number of hydrogen-bond donors (Lipinski definition) is 1. The third-order valence-electron chi connectivity index (χ3n) is 4.25. The molecule has 1 N–H and O–H groups in total. The lowest BCUT2D eigenvalue weighted by Crippen LogP contribution is -2.49. The van der Waals surface area contributed by atoms with Gasteiger partial charge in [-0.15, -0.1) is 0 Å². The highest BCUT2D eigenvalue weighted by Crippen LogP contribution is 2.17. The molecule has 0 bridgehead atoms. The van der Waals surface area contributed by atoms with Crippen LogP contribution >= 0.6 is 0 Å². The number of aromatic nitrogens is 2. The fourth-order valence-corrected chi connectivity index (χ4v) is 3.00. The molecule has 1 aliphatic rings. The Morgan fingerprint density at radius 2 is 1.84 bits per heavy atom. The second kappa shape index (κ2) is 7.29. The Kier molecular flexibility index (Phi) is 4.92. The highest BCUT2D eigenvalue weighted by molar-refractivity contribution is 5.94. The Balaban J connectivity index is 1.66. The second-order valence-corrected chi connectivity index (χ2v) is 6.02. The van der Waals surface area contributed by atoms with E-state index >= 15 is 0 Å². The van der Waals surface area contributed by atoms with Crippen molar-refractivity contribution in [2.24, 2.45) is 0 Å². The van der Waals surface area contributed by atoms with Gasteiger partial charge in [0.25, 0.3) is 5.91 Å². The number of hydrogen-bond acceptors (Lipinski definition) is 5. The number of carbonyl (C=O) groups excluding carboxylic acids is 1. The molecule has 0 unspecified atom stereocenters. The van der Waals surface area contributed by atoms with Gasteiger partial charge in [0.2, 0.25) is 0 Å². The fraction of sp³-hybridized carbons (Fsp3) is 0.333. The zero-order chi connectivity index (χ0) is 17.8. The van der Waals surface area contributed by atoms with E-state index in [0.29, 0.717) is 37.3 Å². The first-order valence-electron chi connectivity index (χ1n) is 8.17. The number of nitrogens with zero attached hydrogens (tertiary/aromatic N) is 4. The number of carboxylic acid groups (broad SMARTS) is 1. The number of aliphatic carboxylic acids is 1. The van der Waals surface area contributed by atoms with E-state index in [1.54, 1.807) is 41.6 Å². The van der Waals surface area contributed by atoms with Gasteiger partial charge in [-0.2, -0.15) is 0 Å². The summed E-state index contributed by atoms with van der Waals surface area (Å²) in [4.78, 5) is 36.1. The number of carboxylic acids is 1. The van der Waals surface area contributed by atoms with Crippen molar-refractivity contribution in [2.45, 2.75) is 13.3 Å². The summed E-state index contributed by atoms with van der Waals surface area (Å²) in [7, 11) is 0. The van der Waals surface area contributed by atoms with Gasteiger partial charge in [0.05, 0.1) is 12.1 Å². The predicted octanol–water partition coefficient (Wildman–Crippen LogP) is 1.37. The summed E-state index contributed by atoms with van der Waals surface area (Å²) in [5.74, 6) is -0.113. The summed E-state index contributed by atoms with van der Waals surface area (Å²) in [6, 6.07) is 6.84. The van der Waals surface area contributed by atoms with E-state index in [1.807, 2.05) is 6.92 Å². The van der Waals surface area contributed by atoms with E-state index in [-0.39, 0.29) is 12.3 Å². The van der Waals surface area contributed by atoms with Crippen molar-refractivity contribution in [1.82, 2.24) is 14.9 Å². The van der Waals surface area contributed by atoms with Gasteiger partial charge in [0.1, 0.15) is 5.82 Å². The third-order valence-corrected chi connectivity index (χ3v) is 4.25. The van der Waals surface area contributed by atoms with Gasteiger partial charge in [0, 0.05) is 44.1 Å². The highest BCUT2D eigenvalue weighted by Gasteiger charge is 2.24. The van der Waals surface area contributed by atoms with Gasteiger partial charge < -0.3 is 14.9 Å². The molecule has 0 aliphatic carbocycles. The number of benzene rings is 1. The molecule has 1 aromatic carbocycles.